The Morgan fingerprint density at radius 1 is 1.32 bits per heavy atom. The van der Waals surface area contributed by atoms with Crippen molar-refractivity contribution in [2.24, 2.45) is 0 Å². The Hall–Kier alpha value is -1.78. The number of anilines is 2. The third-order valence-electron chi connectivity index (χ3n) is 2.53. The minimum Gasteiger partial charge on any atom is -0.397 e. The molecule has 0 saturated heterocycles. The van der Waals surface area contributed by atoms with Gasteiger partial charge in [-0.15, -0.1) is 0 Å². The van der Waals surface area contributed by atoms with Crippen LogP contribution in [0.1, 0.15) is 16.1 Å². The Labute approximate surface area is 120 Å². The maximum atomic E-state index is 12.1. The molecule has 0 fully saturated rings. The van der Waals surface area contributed by atoms with Crippen molar-refractivity contribution in [1.82, 2.24) is 4.98 Å². The Bertz CT molecular complexity index is 644. The number of halogens is 2. The van der Waals surface area contributed by atoms with Crippen molar-refractivity contribution in [3.05, 3.63) is 51.8 Å². The molecule has 19 heavy (non-hydrogen) atoms. The number of aromatic nitrogens is 1. The molecule has 0 radical (unpaired) electrons. The Balaban J connectivity index is 2.28. The lowest BCUT2D eigenvalue weighted by molar-refractivity contribution is 0.102. The van der Waals surface area contributed by atoms with Crippen molar-refractivity contribution in [3.63, 3.8) is 0 Å². The Morgan fingerprint density at radius 3 is 2.74 bits per heavy atom. The van der Waals surface area contributed by atoms with E-state index in [9.17, 15) is 4.79 Å². The summed E-state index contributed by atoms with van der Waals surface area (Å²) in [6.45, 7) is 1.73. The standard InChI is InChI=1S/C13H11Cl2N3O/c1-7-10(5-9(16)6-17-7)13(19)18-12-3-2-8(14)4-11(12)15/h2-6H,16H2,1H3,(H,18,19). The lowest BCUT2D eigenvalue weighted by Crippen LogP contribution is -2.14. The van der Waals surface area contributed by atoms with Crippen molar-refractivity contribution < 1.29 is 4.79 Å². The molecule has 1 aromatic carbocycles. The van der Waals surface area contributed by atoms with Crippen molar-refractivity contribution in [1.29, 1.82) is 0 Å². The molecule has 0 unspecified atom stereocenters. The molecule has 0 aliphatic rings. The summed E-state index contributed by atoms with van der Waals surface area (Å²) in [6.07, 6.45) is 1.50. The highest BCUT2D eigenvalue weighted by Gasteiger charge is 2.12. The van der Waals surface area contributed by atoms with Crippen molar-refractivity contribution >= 4 is 40.5 Å². The molecule has 6 heteroatoms. The van der Waals surface area contributed by atoms with Crippen LogP contribution in [0.5, 0.6) is 0 Å². The van der Waals surface area contributed by atoms with E-state index in [-0.39, 0.29) is 5.91 Å². The maximum absolute atomic E-state index is 12.1. The molecule has 4 nitrogen and oxygen atoms in total. The van der Waals surface area contributed by atoms with Gasteiger partial charge in [0.1, 0.15) is 0 Å². The molecule has 0 saturated carbocycles. The van der Waals surface area contributed by atoms with E-state index in [4.69, 9.17) is 28.9 Å². The van der Waals surface area contributed by atoms with Gasteiger partial charge in [-0.05, 0) is 31.2 Å². The highest BCUT2D eigenvalue weighted by molar-refractivity contribution is 6.36. The second kappa shape index (κ2) is 5.47. The van der Waals surface area contributed by atoms with Gasteiger partial charge in [-0.3, -0.25) is 9.78 Å². The summed E-state index contributed by atoms with van der Waals surface area (Å²) < 4.78 is 0. The van der Waals surface area contributed by atoms with Crippen LogP contribution in [0.4, 0.5) is 11.4 Å². The quantitative estimate of drug-likeness (QED) is 0.890. The van der Waals surface area contributed by atoms with E-state index in [0.29, 0.717) is 32.7 Å². The van der Waals surface area contributed by atoms with E-state index in [0.717, 1.165) is 0 Å². The molecular formula is C13H11Cl2N3O. The summed E-state index contributed by atoms with van der Waals surface area (Å²) in [5.74, 6) is -0.318. The zero-order valence-corrected chi connectivity index (χ0v) is 11.6. The Kier molecular flexibility index (Phi) is 3.93. The fourth-order valence-electron chi connectivity index (χ4n) is 1.56. The molecule has 1 aromatic heterocycles. The monoisotopic (exact) mass is 295 g/mol. The largest absolute Gasteiger partial charge is 0.397 e. The number of carbonyl (C=O) groups is 1. The summed E-state index contributed by atoms with van der Waals surface area (Å²) in [5, 5.41) is 3.57. The molecule has 1 heterocycles. The second-order valence-corrected chi connectivity index (χ2v) is 4.82. The van der Waals surface area contributed by atoms with E-state index in [1.54, 1.807) is 31.2 Å². The van der Waals surface area contributed by atoms with Gasteiger partial charge in [0.05, 0.1) is 33.9 Å². The molecule has 98 valence electrons. The molecule has 0 bridgehead atoms. The van der Waals surface area contributed by atoms with Crippen LogP contribution in [-0.2, 0) is 0 Å². The number of amides is 1. The minimum atomic E-state index is -0.318. The normalized spacial score (nSPS) is 10.3. The number of rotatable bonds is 2. The number of hydrogen-bond donors (Lipinski definition) is 2. The molecule has 1 amide bonds. The smallest absolute Gasteiger partial charge is 0.257 e. The second-order valence-electron chi connectivity index (χ2n) is 3.98. The molecule has 2 aromatic rings. The third kappa shape index (κ3) is 3.16. The molecule has 3 N–H and O–H groups in total. The van der Waals surface area contributed by atoms with Crippen LogP contribution in [0.15, 0.2) is 30.5 Å². The zero-order valence-electron chi connectivity index (χ0n) is 10.1. The molecule has 0 spiro atoms. The van der Waals surface area contributed by atoms with E-state index in [1.165, 1.54) is 6.20 Å². The summed E-state index contributed by atoms with van der Waals surface area (Å²) >= 11 is 11.8. The van der Waals surface area contributed by atoms with E-state index < -0.39 is 0 Å². The predicted octanol–water partition coefficient (Wildman–Crippen LogP) is 3.53. The van der Waals surface area contributed by atoms with Crippen LogP contribution >= 0.6 is 23.2 Å². The maximum Gasteiger partial charge on any atom is 0.257 e. The highest BCUT2D eigenvalue weighted by Crippen LogP contribution is 2.26. The average molecular weight is 296 g/mol. The Morgan fingerprint density at radius 2 is 2.05 bits per heavy atom. The SMILES string of the molecule is Cc1ncc(N)cc1C(=O)Nc1ccc(Cl)cc1Cl. The first-order valence-electron chi connectivity index (χ1n) is 5.46. The van der Waals surface area contributed by atoms with Gasteiger partial charge in [-0.2, -0.15) is 0 Å². The number of pyridine rings is 1. The zero-order chi connectivity index (χ0) is 14.0. The van der Waals surface area contributed by atoms with Crippen LogP contribution < -0.4 is 11.1 Å². The van der Waals surface area contributed by atoms with Gasteiger partial charge in [0.15, 0.2) is 0 Å². The van der Waals surface area contributed by atoms with Crippen LogP contribution in [0, 0.1) is 6.92 Å². The van der Waals surface area contributed by atoms with Crippen molar-refractivity contribution in [2.75, 3.05) is 11.1 Å². The van der Waals surface area contributed by atoms with Gasteiger partial charge in [-0.1, -0.05) is 23.2 Å². The number of nitrogens with zero attached hydrogens (tertiary/aromatic N) is 1. The number of carbonyl (C=O) groups excluding carboxylic acids is 1. The van der Waals surface area contributed by atoms with Gasteiger partial charge in [0.2, 0.25) is 0 Å². The number of nitrogen functional groups attached to an aromatic ring is 1. The van der Waals surface area contributed by atoms with E-state index >= 15 is 0 Å². The number of hydrogen-bond acceptors (Lipinski definition) is 3. The van der Waals surface area contributed by atoms with Gasteiger partial charge >= 0.3 is 0 Å². The predicted molar refractivity (Wildman–Crippen MR) is 77.8 cm³/mol. The first-order valence-corrected chi connectivity index (χ1v) is 6.21. The number of nitrogens with one attached hydrogen (secondary N) is 1. The fraction of sp³-hybridized carbons (Fsp3) is 0.0769. The summed E-state index contributed by atoms with van der Waals surface area (Å²) in [6, 6.07) is 6.41. The van der Waals surface area contributed by atoms with Crippen LogP contribution in [-0.4, -0.2) is 10.9 Å². The lowest BCUT2D eigenvalue weighted by atomic mass is 10.1. The molecule has 2 rings (SSSR count). The van der Waals surface area contributed by atoms with Gasteiger partial charge in [0.25, 0.3) is 5.91 Å². The van der Waals surface area contributed by atoms with Crippen LogP contribution in [0.2, 0.25) is 10.0 Å². The number of benzene rings is 1. The minimum absolute atomic E-state index is 0.318. The first-order chi connectivity index (χ1) is 8.97. The fourth-order valence-corrected chi connectivity index (χ4v) is 2.02. The summed E-state index contributed by atoms with van der Waals surface area (Å²) in [7, 11) is 0. The topological polar surface area (TPSA) is 68.0 Å². The molecule has 0 aliphatic carbocycles. The van der Waals surface area contributed by atoms with Gasteiger partial charge < -0.3 is 11.1 Å². The molecule has 0 atom stereocenters. The van der Waals surface area contributed by atoms with Crippen LogP contribution in [0.25, 0.3) is 0 Å². The summed E-state index contributed by atoms with van der Waals surface area (Å²) in [4.78, 5) is 16.2. The van der Waals surface area contributed by atoms with Crippen molar-refractivity contribution in [3.8, 4) is 0 Å². The van der Waals surface area contributed by atoms with E-state index in [1.807, 2.05) is 0 Å². The van der Waals surface area contributed by atoms with Crippen LogP contribution in [0.3, 0.4) is 0 Å². The number of aryl methyl sites for hydroxylation is 1. The lowest BCUT2D eigenvalue weighted by Gasteiger charge is -2.09. The summed E-state index contributed by atoms with van der Waals surface area (Å²) in [5.41, 5.74) is 7.54. The number of nitrogens with two attached hydrogens (primary N) is 1. The molecule has 0 aliphatic heterocycles. The first kappa shape index (κ1) is 13.6. The van der Waals surface area contributed by atoms with Gasteiger partial charge in [0, 0.05) is 5.02 Å². The highest BCUT2D eigenvalue weighted by atomic mass is 35.5. The van der Waals surface area contributed by atoms with Crippen molar-refractivity contribution in [2.45, 2.75) is 6.92 Å². The average Bonchev–Trinajstić information content (AvgIpc) is 2.35. The van der Waals surface area contributed by atoms with Gasteiger partial charge in [-0.25, -0.2) is 0 Å². The molecular weight excluding hydrogens is 285 g/mol. The third-order valence-corrected chi connectivity index (χ3v) is 3.08. The van der Waals surface area contributed by atoms with E-state index in [2.05, 4.69) is 10.3 Å².